The fourth-order valence-electron chi connectivity index (χ4n) is 2.37. The third kappa shape index (κ3) is 4.40. The van der Waals surface area contributed by atoms with E-state index < -0.39 is 10.0 Å². The number of amides is 1. The molecule has 2 rings (SSSR count). The molecule has 1 heterocycles. The maximum atomic E-state index is 12.3. The lowest BCUT2D eigenvalue weighted by Crippen LogP contribution is -2.44. The lowest BCUT2D eigenvalue weighted by Gasteiger charge is -2.30. The Bertz CT molecular complexity index is 601. The van der Waals surface area contributed by atoms with Gasteiger partial charge in [-0.1, -0.05) is 0 Å². The largest absolute Gasteiger partial charge is 0.326 e. The van der Waals surface area contributed by atoms with E-state index in [-0.39, 0.29) is 24.1 Å². The number of rotatable bonds is 4. The van der Waals surface area contributed by atoms with Gasteiger partial charge in [-0.25, -0.2) is 12.7 Å². The molecule has 0 bridgehead atoms. The highest BCUT2D eigenvalue weighted by molar-refractivity contribution is 14.1. The molecule has 0 aromatic heterocycles. The Balaban J connectivity index is 2.01. The molecule has 1 aliphatic rings. The first-order chi connectivity index (χ1) is 9.92. The highest BCUT2D eigenvalue weighted by Crippen LogP contribution is 2.21. The summed E-state index contributed by atoms with van der Waals surface area (Å²) >= 11 is 2.20. The quantitative estimate of drug-likeness (QED) is 0.758. The van der Waals surface area contributed by atoms with E-state index >= 15 is 0 Å². The van der Waals surface area contributed by atoms with Gasteiger partial charge >= 0.3 is 0 Å². The van der Waals surface area contributed by atoms with Gasteiger partial charge < -0.3 is 5.32 Å². The Hall–Kier alpha value is -0.670. The first-order valence-corrected chi connectivity index (χ1v) is 9.65. The summed E-state index contributed by atoms with van der Waals surface area (Å²) in [5.41, 5.74) is 0.746. The van der Waals surface area contributed by atoms with Crippen LogP contribution < -0.4 is 5.32 Å². The second-order valence-corrected chi connectivity index (χ2v) is 8.60. The van der Waals surface area contributed by atoms with Crippen molar-refractivity contribution in [2.45, 2.75) is 19.8 Å². The zero-order valence-corrected chi connectivity index (χ0v) is 14.9. The van der Waals surface area contributed by atoms with Crippen molar-refractivity contribution in [2.75, 3.05) is 24.2 Å². The molecule has 7 heteroatoms. The fourth-order valence-corrected chi connectivity index (χ4v) is 3.91. The second kappa shape index (κ2) is 7.06. The normalized spacial score (nSPS) is 20.2. The zero-order valence-electron chi connectivity index (χ0n) is 11.9. The Morgan fingerprint density at radius 1 is 1.38 bits per heavy atom. The molecule has 116 valence electrons. The van der Waals surface area contributed by atoms with E-state index in [2.05, 4.69) is 27.9 Å². The molecule has 0 spiro atoms. The standard InChI is InChI=1S/C14H19IN2O3S/c1-2-21(19,20)17-9-3-4-11(10-17)14(18)16-13-7-5-12(15)6-8-13/h5-8,11H,2-4,9-10H2,1H3,(H,16,18). The van der Waals surface area contributed by atoms with Crippen molar-refractivity contribution in [1.29, 1.82) is 0 Å². The number of carbonyl (C=O) groups is 1. The lowest BCUT2D eigenvalue weighted by molar-refractivity contribution is -0.120. The van der Waals surface area contributed by atoms with Crippen LogP contribution in [0.15, 0.2) is 24.3 Å². The SMILES string of the molecule is CCS(=O)(=O)N1CCCC(C(=O)Nc2ccc(I)cc2)C1. The van der Waals surface area contributed by atoms with E-state index in [0.29, 0.717) is 6.54 Å². The summed E-state index contributed by atoms with van der Waals surface area (Å²) in [5, 5.41) is 2.87. The molecule has 1 N–H and O–H groups in total. The van der Waals surface area contributed by atoms with Crippen LogP contribution in [-0.4, -0.2) is 37.5 Å². The minimum absolute atomic E-state index is 0.0818. The maximum absolute atomic E-state index is 12.3. The minimum atomic E-state index is -3.21. The van der Waals surface area contributed by atoms with Crippen molar-refractivity contribution in [1.82, 2.24) is 4.31 Å². The van der Waals surface area contributed by atoms with Crippen molar-refractivity contribution < 1.29 is 13.2 Å². The molecule has 1 saturated heterocycles. The summed E-state index contributed by atoms with van der Waals surface area (Å²) in [6.45, 7) is 2.43. The number of hydrogen-bond acceptors (Lipinski definition) is 3. The van der Waals surface area contributed by atoms with Crippen LogP contribution in [0.2, 0.25) is 0 Å². The van der Waals surface area contributed by atoms with Gasteiger partial charge in [-0.3, -0.25) is 4.79 Å². The van der Waals surface area contributed by atoms with Gasteiger partial charge in [0.15, 0.2) is 0 Å². The average Bonchev–Trinajstić information content (AvgIpc) is 2.49. The van der Waals surface area contributed by atoms with E-state index in [1.54, 1.807) is 6.92 Å². The van der Waals surface area contributed by atoms with Crippen molar-refractivity contribution in [3.05, 3.63) is 27.8 Å². The first kappa shape index (κ1) is 16.7. The molecule has 0 saturated carbocycles. The molecule has 1 aromatic carbocycles. The molecule has 5 nitrogen and oxygen atoms in total. The van der Waals surface area contributed by atoms with Gasteiger partial charge in [0.1, 0.15) is 0 Å². The van der Waals surface area contributed by atoms with E-state index in [1.807, 2.05) is 24.3 Å². The number of nitrogens with zero attached hydrogens (tertiary/aromatic N) is 1. The third-order valence-corrected chi connectivity index (χ3v) is 6.19. The second-order valence-electron chi connectivity index (χ2n) is 5.09. The lowest BCUT2D eigenvalue weighted by atomic mass is 9.99. The summed E-state index contributed by atoms with van der Waals surface area (Å²) in [6.07, 6.45) is 1.45. The molecule has 0 aliphatic carbocycles. The van der Waals surface area contributed by atoms with Crippen molar-refractivity contribution in [3.8, 4) is 0 Å². The van der Waals surface area contributed by atoms with Crippen LogP contribution in [0.5, 0.6) is 0 Å². The number of hydrogen-bond donors (Lipinski definition) is 1. The molecule has 1 aliphatic heterocycles. The summed E-state index contributed by atoms with van der Waals surface area (Å²) in [6, 6.07) is 7.54. The van der Waals surface area contributed by atoms with E-state index in [1.165, 1.54) is 4.31 Å². The van der Waals surface area contributed by atoms with Gasteiger partial charge in [0, 0.05) is 22.3 Å². The number of carbonyl (C=O) groups excluding carboxylic acids is 1. The highest BCUT2D eigenvalue weighted by atomic mass is 127. The summed E-state index contributed by atoms with van der Waals surface area (Å²) in [5.74, 6) is -0.301. The Labute approximate surface area is 139 Å². The van der Waals surface area contributed by atoms with Crippen molar-refractivity contribution in [2.24, 2.45) is 5.92 Å². The summed E-state index contributed by atoms with van der Waals surface area (Å²) < 4.78 is 26.4. The first-order valence-electron chi connectivity index (χ1n) is 6.96. The molecule has 21 heavy (non-hydrogen) atoms. The molecular formula is C14H19IN2O3S. The van der Waals surface area contributed by atoms with Gasteiger partial charge in [0.05, 0.1) is 11.7 Å². The van der Waals surface area contributed by atoms with Gasteiger partial charge in [-0.05, 0) is 66.6 Å². The number of piperidine rings is 1. The monoisotopic (exact) mass is 422 g/mol. The molecule has 1 aromatic rings. The Kier molecular flexibility index (Phi) is 5.61. The fraction of sp³-hybridized carbons (Fsp3) is 0.500. The molecule has 1 amide bonds. The number of benzene rings is 1. The van der Waals surface area contributed by atoms with Crippen LogP contribution in [0.1, 0.15) is 19.8 Å². The smallest absolute Gasteiger partial charge is 0.228 e. The average molecular weight is 422 g/mol. The van der Waals surface area contributed by atoms with Gasteiger partial charge in [-0.2, -0.15) is 0 Å². The zero-order chi connectivity index (χ0) is 15.5. The number of nitrogens with one attached hydrogen (secondary N) is 1. The minimum Gasteiger partial charge on any atom is -0.326 e. The Morgan fingerprint density at radius 3 is 2.67 bits per heavy atom. The maximum Gasteiger partial charge on any atom is 0.228 e. The predicted molar refractivity (Wildman–Crippen MR) is 91.5 cm³/mol. The van der Waals surface area contributed by atoms with Crippen molar-refractivity contribution in [3.63, 3.8) is 0 Å². The van der Waals surface area contributed by atoms with Gasteiger partial charge in [0.25, 0.3) is 0 Å². The van der Waals surface area contributed by atoms with E-state index in [4.69, 9.17) is 0 Å². The van der Waals surface area contributed by atoms with Gasteiger partial charge in [-0.15, -0.1) is 0 Å². The molecular weight excluding hydrogens is 403 g/mol. The van der Waals surface area contributed by atoms with Crippen LogP contribution in [0, 0.1) is 9.49 Å². The van der Waals surface area contributed by atoms with E-state index in [0.717, 1.165) is 22.1 Å². The topological polar surface area (TPSA) is 66.5 Å². The van der Waals surface area contributed by atoms with Crippen LogP contribution in [-0.2, 0) is 14.8 Å². The van der Waals surface area contributed by atoms with Gasteiger partial charge in [0.2, 0.25) is 15.9 Å². The molecule has 1 atom stereocenters. The summed E-state index contributed by atoms with van der Waals surface area (Å²) in [7, 11) is -3.21. The predicted octanol–water partition coefficient (Wildman–Crippen LogP) is 2.29. The Morgan fingerprint density at radius 2 is 2.05 bits per heavy atom. The molecule has 1 unspecified atom stereocenters. The number of halogens is 1. The number of anilines is 1. The number of sulfonamides is 1. The van der Waals surface area contributed by atoms with Crippen LogP contribution in [0.3, 0.4) is 0 Å². The highest BCUT2D eigenvalue weighted by Gasteiger charge is 2.31. The molecule has 0 radical (unpaired) electrons. The van der Waals surface area contributed by atoms with E-state index in [9.17, 15) is 13.2 Å². The molecule has 1 fully saturated rings. The van der Waals surface area contributed by atoms with Crippen LogP contribution >= 0.6 is 22.6 Å². The summed E-state index contributed by atoms with van der Waals surface area (Å²) in [4.78, 5) is 12.3. The third-order valence-electron chi connectivity index (χ3n) is 3.62. The van der Waals surface area contributed by atoms with Crippen molar-refractivity contribution >= 4 is 44.2 Å². The van der Waals surface area contributed by atoms with Crippen LogP contribution in [0.25, 0.3) is 0 Å². The van der Waals surface area contributed by atoms with Crippen LogP contribution in [0.4, 0.5) is 5.69 Å².